The third-order valence-corrected chi connectivity index (χ3v) is 4.19. The Kier molecular flexibility index (Phi) is 4.03. The van der Waals surface area contributed by atoms with E-state index in [4.69, 9.17) is 21.1 Å². The first-order valence-electron chi connectivity index (χ1n) is 6.23. The number of benzene rings is 1. The van der Waals surface area contributed by atoms with Crippen molar-refractivity contribution in [2.75, 3.05) is 27.3 Å². The Balaban J connectivity index is 2.64. The molecular weight excluding hydrogens is 250 g/mol. The van der Waals surface area contributed by atoms with Crippen LogP contribution in [0.4, 0.5) is 0 Å². The monoisotopic (exact) mass is 269 g/mol. The molecule has 1 aromatic rings. The largest absolute Gasteiger partial charge is 0.496 e. The first kappa shape index (κ1) is 13.5. The van der Waals surface area contributed by atoms with Gasteiger partial charge in [-0.3, -0.25) is 0 Å². The highest BCUT2D eigenvalue weighted by atomic mass is 35.5. The molecule has 100 valence electrons. The SMILES string of the molecule is COc1c(C)c(C2CCNC2)c(OC)c(C)c1Cl. The van der Waals surface area contributed by atoms with E-state index in [1.165, 1.54) is 5.56 Å². The third-order valence-electron chi connectivity index (χ3n) is 3.74. The van der Waals surface area contributed by atoms with E-state index in [0.29, 0.717) is 10.9 Å². The summed E-state index contributed by atoms with van der Waals surface area (Å²) in [6.07, 6.45) is 1.13. The van der Waals surface area contributed by atoms with Gasteiger partial charge in [-0.2, -0.15) is 0 Å². The van der Waals surface area contributed by atoms with Gasteiger partial charge in [-0.1, -0.05) is 11.6 Å². The summed E-state index contributed by atoms with van der Waals surface area (Å²) in [6.45, 7) is 6.08. The van der Waals surface area contributed by atoms with Crippen molar-refractivity contribution in [3.05, 3.63) is 21.7 Å². The van der Waals surface area contributed by atoms with Gasteiger partial charge in [-0.25, -0.2) is 0 Å². The lowest BCUT2D eigenvalue weighted by atomic mass is 9.90. The maximum atomic E-state index is 6.34. The molecule has 0 aromatic heterocycles. The van der Waals surface area contributed by atoms with Crippen molar-refractivity contribution in [2.24, 2.45) is 0 Å². The smallest absolute Gasteiger partial charge is 0.141 e. The van der Waals surface area contributed by atoms with E-state index in [-0.39, 0.29) is 0 Å². The molecule has 1 heterocycles. The molecule has 1 fully saturated rings. The van der Waals surface area contributed by atoms with Gasteiger partial charge in [0, 0.05) is 23.6 Å². The van der Waals surface area contributed by atoms with Gasteiger partial charge in [0.25, 0.3) is 0 Å². The second-order valence-corrected chi connectivity index (χ2v) is 5.11. The van der Waals surface area contributed by atoms with Crippen LogP contribution in [0, 0.1) is 13.8 Å². The second kappa shape index (κ2) is 5.37. The molecule has 1 unspecified atom stereocenters. The fourth-order valence-corrected chi connectivity index (χ4v) is 3.13. The van der Waals surface area contributed by atoms with Crippen molar-refractivity contribution in [1.29, 1.82) is 0 Å². The van der Waals surface area contributed by atoms with Crippen LogP contribution >= 0.6 is 11.6 Å². The predicted octanol–water partition coefficient (Wildman–Crippen LogP) is 3.05. The van der Waals surface area contributed by atoms with Crippen LogP contribution in [0.15, 0.2) is 0 Å². The summed E-state index contributed by atoms with van der Waals surface area (Å²) in [6, 6.07) is 0. The van der Waals surface area contributed by atoms with E-state index in [1.807, 2.05) is 6.92 Å². The quantitative estimate of drug-likeness (QED) is 0.915. The molecule has 1 saturated heterocycles. The minimum Gasteiger partial charge on any atom is -0.496 e. The maximum absolute atomic E-state index is 6.34. The number of halogens is 1. The molecule has 4 heteroatoms. The summed E-state index contributed by atoms with van der Waals surface area (Å²) < 4.78 is 11.0. The molecule has 3 nitrogen and oxygen atoms in total. The first-order chi connectivity index (χ1) is 8.61. The zero-order chi connectivity index (χ0) is 13.3. The van der Waals surface area contributed by atoms with Crippen molar-refractivity contribution in [2.45, 2.75) is 26.2 Å². The Hall–Kier alpha value is -0.930. The predicted molar refractivity (Wildman–Crippen MR) is 74.3 cm³/mol. The highest BCUT2D eigenvalue weighted by Gasteiger charge is 2.27. The van der Waals surface area contributed by atoms with E-state index in [1.54, 1.807) is 14.2 Å². The number of rotatable bonds is 3. The van der Waals surface area contributed by atoms with Gasteiger partial charge in [0.05, 0.1) is 19.2 Å². The van der Waals surface area contributed by atoms with Crippen LogP contribution in [0.25, 0.3) is 0 Å². The fraction of sp³-hybridized carbons (Fsp3) is 0.571. The lowest BCUT2D eigenvalue weighted by Crippen LogP contribution is -2.11. The Bertz CT molecular complexity index is 454. The molecule has 18 heavy (non-hydrogen) atoms. The van der Waals surface area contributed by atoms with Gasteiger partial charge in [0.1, 0.15) is 11.5 Å². The average molecular weight is 270 g/mol. The summed E-state index contributed by atoms with van der Waals surface area (Å²) in [7, 11) is 3.37. The molecule has 2 rings (SSSR count). The van der Waals surface area contributed by atoms with Crippen LogP contribution in [0.2, 0.25) is 5.02 Å². The van der Waals surface area contributed by atoms with Gasteiger partial charge in [0.2, 0.25) is 0 Å². The van der Waals surface area contributed by atoms with E-state index in [0.717, 1.165) is 42.1 Å². The Labute approximate surface area is 113 Å². The van der Waals surface area contributed by atoms with E-state index in [9.17, 15) is 0 Å². The summed E-state index contributed by atoms with van der Waals surface area (Å²) in [5, 5.41) is 4.05. The van der Waals surface area contributed by atoms with E-state index >= 15 is 0 Å². The van der Waals surface area contributed by atoms with Crippen molar-refractivity contribution >= 4 is 11.6 Å². The average Bonchev–Trinajstić information content (AvgIpc) is 2.87. The molecule has 1 aliphatic heterocycles. The van der Waals surface area contributed by atoms with Crippen LogP contribution in [0.5, 0.6) is 11.5 Å². The molecule has 0 bridgehead atoms. The standard InChI is InChI=1S/C14H20ClNO2/c1-8-11(10-5-6-16-7-10)13(17-3)9(2)12(15)14(8)18-4/h10,16H,5-7H2,1-4H3. The highest BCUT2D eigenvalue weighted by Crippen LogP contribution is 2.45. The Morgan fingerprint density at radius 2 is 1.78 bits per heavy atom. The first-order valence-corrected chi connectivity index (χ1v) is 6.60. The summed E-state index contributed by atoms with van der Waals surface area (Å²) in [5.41, 5.74) is 3.29. The molecular formula is C14H20ClNO2. The van der Waals surface area contributed by atoms with Crippen LogP contribution in [-0.2, 0) is 0 Å². The van der Waals surface area contributed by atoms with Crippen LogP contribution in [0.3, 0.4) is 0 Å². The fourth-order valence-electron chi connectivity index (χ4n) is 2.83. The minimum atomic E-state index is 0.477. The maximum Gasteiger partial charge on any atom is 0.141 e. The van der Waals surface area contributed by atoms with Crippen LogP contribution < -0.4 is 14.8 Å². The van der Waals surface area contributed by atoms with Crippen molar-refractivity contribution in [1.82, 2.24) is 5.32 Å². The molecule has 0 radical (unpaired) electrons. The molecule has 1 aliphatic rings. The molecule has 0 saturated carbocycles. The lowest BCUT2D eigenvalue weighted by molar-refractivity contribution is 0.390. The Morgan fingerprint density at radius 1 is 1.11 bits per heavy atom. The van der Waals surface area contributed by atoms with Gasteiger partial charge in [-0.15, -0.1) is 0 Å². The lowest BCUT2D eigenvalue weighted by Gasteiger charge is -2.22. The molecule has 1 atom stereocenters. The zero-order valence-electron chi connectivity index (χ0n) is 11.4. The number of ether oxygens (including phenoxy) is 2. The van der Waals surface area contributed by atoms with Crippen LogP contribution in [0.1, 0.15) is 29.0 Å². The summed E-state index contributed by atoms with van der Waals surface area (Å²) in [4.78, 5) is 0. The van der Waals surface area contributed by atoms with Crippen LogP contribution in [-0.4, -0.2) is 27.3 Å². The molecule has 0 aliphatic carbocycles. The van der Waals surface area contributed by atoms with Crippen molar-refractivity contribution < 1.29 is 9.47 Å². The van der Waals surface area contributed by atoms with Gasteiger partial charge < -0.3 is 14.8 Å². The number of hydrogen-bond acceptors (Lipinski definition) is 3. The van der Waals surface area contributed by atoms with Gasteiger partial charge >= 0.3 is 0 Å². The summed E-state index contributed by atoms with van der Waals surface area (Å²) >= 11 is 6.34. The van der Waals surface area contributed by atoms with Crippen molar-refractivity contribution in [3.63, 3.8) is 0 Å². The minimum absolute atomic E-state index is 0.477. The molecule has 1 aromatic carbocycles. The molecule has 1 N–H and O–H groups in total. The molecule has 0 spiro atoms. The normalized spacial score (nSPS) is 19.1. The topological polar surface area (TPSA) is 30.5 Å². The third kappa shape index (κ3) is 2.06. The second-order valence-electron chi connectivity index (χ2n) is 4.73. The van der Waals surface area contributed by atoms with Gasteiger partial charge in [-0.05, 0) is 32.4 Å². The van der Waals surface area contributed by atoms with E-state index < -0.39 is 0 Å². The van der Waals surface area contributed by atoms with Gasteiger partial charge in [0.15, 0.2) is 0 Å². The highest BCUT2D eigenvalue weighted by molar-refractivity contribution is 6.33. The van der Waals surface area contributed by atoms with E-state index in [2.05, 4.69) is 12.2 Å². The number of hydrogen-bond donors (Lipinski definition) is 1. The van der Waals surface area contributed by atoms with Crippen molar-refractivity contribution in [3.8, 4) is 11.5 Å². The summed E-state index contributed by atoms with van der Waals surface area (Å²) in [5.74, 6) is 2.16. The zero-order valence-corrected chi connectivity index (χ0v) is 12.1. The molecule has 0 amide bonds. The number of methoxy groups -OCH3 is 2. The Morgan fingerprint density at radius 3 is 2.28 bits per heavy atom. The number of nitrogens with one attached hydrogen (secondary N) is 1.